The summed E-state index contributed by atoms with van der Waals surface area (Å²) in [5, 5.41) is 0. The minimum Gasteiger partial charge on any atom is -0.379 e. The first-order chi connectivity index (χ1) is 10.6. The fourth-order valence-corrected chi connectivity index (χ4v) is 3.62. The molecule has 1 amide bonds. The van der Waals surface area contributed by atoms with Crippen molar-refractivity contribution < 1.29 is 9.53 Å². The van der Waals surface area contributed by atoms with Crippen molar-refractivity contribution in [3.8, 4) is 0 Å². The maximum absolute atomic E-state index is 12.6. The Morgan fingerprint density at radius 2 is 1.91 bits per heavy atom. The Morgan fingerprint density at radius 3 is 2.59 bits per heavy atom. The van der Waals surface area contributed by atoms with Gasteiger partial charge in [-0.3, -0.25) is 9.69 Å². The Bertz CT molecular complexity index is 509. The zero-order chi connectivity index (χ0) is 15.6. The Balaban J connectivity index is 1.65. The van der Waals surface area contributed by atoms with Crippen LogP contribution in [-0.4, -0.2) is 61.6 Å². The van der Waals surface area contributed by atoms with Gasteiger partial charge >= 0.3 is 0 Å². The van der Waals surface area contributed by atoms with Gasteiger partial charge in [-0.05, 0) is 11.0 Å². The Kier molecular flexibility index (Phi) is 4.50. The van der Waals surface area contributed by atoms with E-state index in [2.05, 4.69) is 43.0 Å². The van der Waals surface area contributed by atoms with Crippen LogP contribution in [0.25, 0.3) is 0 Å². The summed E-state index contributed by atoms with van der Waals surface area (Å²) in [7, 11) is 0. The number of nitrogens with zero attached hydrogens (tertiary/aromatic N) is 2. The molecule has 2 aliphatic heterocycles. The minimum atomic E-state index is 0.127. The second-order valence-electron chi connectivity index (χ2n) is 7.11. The number of benzene rings is 1. The van der Waals surface area contributed by atoms with Crippen molar-refractivity contribution in [1.29, 1.82) is 0 Å². The first kappa shape index (κ1) is 15.5. The van der Waals surface area contributed by atoms with Crippen LogP contribution in [0.2, 0.25) is 0 Å². The standard InChI is InChI=1S/C18H26N2O2/c1-18(2)14-20(12-16(18)15-6-4-3-5-7-15)17(21)13-19-8-10-22-11-9-19/h3-7,16H,8-14H2,1-2H3/t16-/m0/s1. The molecule has 120 valence electrons. The Hall–Kier alpha value is -1.39. The lowest BCUT2D eigenvalue weighted by Crippen LogP contribution is -2.44. The monoisotopic (exact) mass is 302 g/mol. The van der Waals surface area contributed by atoms with E-state index in [1.54, 1.807) is 0 Å². The number of hydrogen-bond donors (Lipinski definition) is 0. The maximum Gasteiger partial charge on any atom is 0.236 e. The molecule has 0 unspecified atom stereocenters. The summed E-state index contributed by atoms with van der Waals surface area (Å²) < 4.78 is 5.35. The maximum atomic E-state index is 12.6. The molecule has 2 aliphatic rings. The first-order valence-corrected chi connectivity index (χ1v) is 8.19. The molecule has 4 nitrogen and oxygen atoms in total. The van der Waals surface area contributed by atoms with Gasteiger partial charge in [0.1, 0.15) is 0 Å². The molecule has 0 bridgehead atoms. The van der Waals surface area contributed by atoms with Crippen LogP contribution in [0.5, 0.6) is 0 Å². The van der Waals surface area contributed by atoms with E-state index >= 15 is 0 Å². The van der Waals surface area contributed by atoms with E-state index in [0.29, 0.717) is 12.5 Å². The molecule has 0 aliphatic carbocycles. The van der Waals surface area contributed by atoms with Gasteiger partial charge in [-0.15, -0.1) is 0 Å². The average molecular weight is 302 g/mol. The summed E-state index contributed by atoms with van der Waals surface area (Å²) in [6.07, 6.45) is 0. The van der Waals surface area contributed by atoms with Crippen LogP contribution in [0.4, 0.5) is 0 Å². The number of carbonyl (C=O) groups is 1. The van der Waals surface area contributed by atoms with Crippen LogP contribution in [0.15, 0.2) is 30.3 Å². The normalized spacial score (nSPS) is 25.4. The van der Waals surface area contributed by atoms with Gasteiger partial charge in [0, 0.05) is 32.1 Å². The molecule has 1 aromatic carbocycles. The smallest absolute Gasteiger partial charge is 0.236 e. The number of hydrogen-bond acceptors (Lipinski definition) is 3. The van der Waals surface area contributed by atoms with Gasteiger partial charge < -0.3 is 9.64 Å². The molecular weight excluding hydrogens is 276 g/mol. The van der Waals surface area contributed by atoms with Crippen molar-refractivity contribution in [3.05, 3.63) is 35.9 Å². The highest BCUT2D eigenvalue weighted by atomic mass is 16.5. The zero-order valence-corrected chi connectivity index (χ0v) is 13.6. The molecule has 0 N–H and O–H groups in total. The van der Waals surface area contributed by atoms with E-state index in [1.807, 2.05) is 11.0 Å². The van der Waals surface area contributed by atoms with E-state index in [1.165, 1.54) is 5.56 Å². The van der Waals surface area contributed by atoms with Gasteiger partial charge in [-0.1, -0.05) is 44.2 Å². The summed E-state index contributed by atoms with van der Waals surface area (Å²) >= 11 is 0. The van der Waals surface area contributed by atoms with E-state index in [9.17, 15) is 4.79 Å². The van der Waals surface area contributed by atoms with Crippen molar-refractivity contribution in [2.24, 2.45) is 5.41 Å². The van der Waals surface area contributed by atoms with E-state index in [-0.39, 0.29) is 11.3 Å². The second kappa shape index (κ2) is 6.39. The van der Waals surface area contributed by atoms with Gasteiger partial charge in [0.05, 0.1) is 19.8 Å². The van der Waals surface area contributed by atoms with Gasteiger partial charge in [0.25, 0.3) is 0 Å². The molecule has 0 spiro atoms. The zero-order valence-electron chi connectivity index (χ0n) is 13.6. The predicted molar refractivity (Wildman–Crippen MR) is 86.8 cm³/mol. The number of carbonyl (C=O) groups excluding carboxylic acids is 1. The third-order valence-corrected chi connectivity index (χ3v) is 4.96. The van der Waals surface area contributed by atoms with Gasteiger partial charge in [0.15, 0.2) is 0 Å². The number of rotatable bonds is 3. The fraction of sp³-hybridized carbons (Fsp3) is 0.611. The molecule has 2 fully saturated rings. The average Bonchev–Trinajstić information content (AvgIpc) is 2.85. The number of ether oxygens (including phenoxy) is 1. The highest BCUT2D eigenvalue weighted by Gasteiger charge is 2.41. The van der Waals surface area contributed by atoms with Crippen LogP contribution in [0.3, 0.4) is 0 Å². The molecule has 1 aromatic rings. The number of morpholine rings is 1. The highest BCUT2D eigenvalue weighted by Crippen LogP contribution is 2.42. The van der Waals surface area contributed by atoms with Crippen LogP contribution < -0.4 is 0 Å². The van der Waals surface area contributed by atoms with Gasteiger partial charge in [-0.2, -0.15) is 0 Å². The summed E-state index contributed by atoms with van der Waals surface area (Å²) in [5.41, 5.74) is 1.47. The highest BCUT2D eigenvalue weighted by molar-refractivity contribution is 5.79. The van der Waals surface area contributed by atoms with E-state index in [0.717, 1.165) is 39.4 Å². The molecule has 1 atom stereocenters. The lowest BCUT2D eigenvalue weighted by molar-refractivity contribution is -0.132. The molecule has 4 heteroatoms. The van der Waals surface area contributed by atoms with E-state index in [4.69, 9.17) is 4.74 Å². The second-order valence-corrected chi connectivity index (χ2v) is 7.11. The third-order valence-electron chi connectivity index (χ3n) is 4.96. The quantitative estimate of drug-likeness (QED) is 0.856. The minimum absolute atomic E-state index is 0.127. The van der Waals surface area contributed by atoms with Crippen LogP contribution in [0.1, 0.15) is 25.3 Å². The van der Waals surface area contributed by atoms with Crippen LogP contribution in [-0.2, 0) is 9.53 Å². The Labute approximate surface area is 133 Å². The summed E-state index contributed by atoms with van der Waals surface area (Å²) in [5.74, 6) is 0.677. The molecule has 3 rings (SSSR count). The molecule has 22 heavy (non-hydrogen) atoms. The third kappa shape index (κ3) is 3.33. The van der Waals surface area contributed by atoms with Crippen molar-refractivity contribution >= 4 is 5.91 Å². The predicted octanol–water partition coefficient (Wildman–Crippen LogP) is 1.97. The van der Waals surface area contributed by atoms with Crippen molar-refractivity contribution in [2.45, 2.75) is 19.8 Å². The fourth-order valence-electron chi connectivity index (χ4n) is 3.62. The Morgan fingerprint density at radius 1 is 1.23 bits per heavy atom. The molecule has 0 saturated carbocycles. The summed E-state index contributed by atoms with van der Waals surface area (Å²) in [4.78, 5) is 16.9. The molecule has 0 radical (unpaired) electrons. The first-order valence-electron chi connectivity index (χ1n) is 8.19. The summed E-state index contributed by atoms with van der Waals surface area (Å²) in [6.45, 7) is 9.96. The number of amides is 1. The van der Waals surface area contributed by atoms with Crippen molar-refractivity contribution in [1.82, 2.24) is 9.80 Å². The van der Waals surface area contributed by atoms with E-state index < -0.39 is 0 Å². The summed E-state index contributed by atoms with van der Waals surface area (Å²) in [6, 6.07) is 10.6. The molecule has 2 heterocycles. The topological polar surface area (TPSA) is 32.8 Å². The largest absolute Gasteiger partial charge is 0.379 e. The van der Waals surface area contributed by atoms with Crippen molar-refractivity contribution in [2.75, 3.05) is 45.9 Å². The van der Waals surface area contributed by atoms with Crippen LogP contribution in [0, 0.1) is 5.41 Å². The lowest BCUT2D eigenvalue weighted by atomic mass is 9.78. The molecule has 2 saturated heterocycles. The molecular formula is C18H26N2O2. The van der Waals surface area contributed by atoms with Crippen LogP contribution >= 0.6 is 0 Å². The number of likely N-dealkylation sites (tertiary alicyclic amines) is 1. The SMILES string of the molecule is CC1(C)CN(C(=O)CN2CCOCC2)C[C@H]1c1ccccc1. The van der Waals surface area contributed by atoms with Gasteiger partial charge in [-0.25, -0.2) is 0 Å². The van der Waals surface area contributed by atoms with Crippen molar-refractivity contribution in [3.63, 3.8) is 0 Å². The molecule has 0 aromatic heterocycles. The lowest BCUT2D eigenvalue weighted by Gasteiger charge is -2.28. The van der Waals surface area contributed by atoms with Gasteiger partial charge in [0.2, 0.25) is 5.91 Å².